The molecule has 0 radical (unpaired) electrons. The lowest BCUT2D eigenvalue weighted by Gasteiger charge is -2.23. The van der Waals surface area contributed by atoms with Crippen LogP contribution in [0.4, 0.5) is 11.5 Å². The summed E-state index contributed by atoms with van der Waals surface area (Å²) in [5.41, 5.74) is 5.87. The maximum atomic E-state index is 11.2. The van der Waals surface area contributed by atoms with Crippen LogP contribution in [0.1, 0.15) is 32.1 Å². The van der Waals surface area contributed by atoms with E-state index in [1.54, 1.807) is 0 Å². The van der Waals surface area contributed by atoms with Gasteiger partial charge in [-0.15, -0.1) is 0 Å². The SMILES string of the molecule is COc1ncnc(NC2CCCCCC2N)c1[N+](=O)[O-]. The molecule has 2 atom stereocenters. The highest BCUT2D eigenvalue weighted by Gasteiger charge is 2.28. The second kappa shape index (κ2) is 6.47. The molecule has 0 aliphatic heterocycles. The van der Waals surface area contributed by atoms with Crippen LogP contribution in [0.25, 0.3) is 0 Å². The van der Waals surface area contributed by atoms with Crippen LogP contribution in [0, 0.1) is 10.1 Å². The molecule has 20 heavy (non-hydrogen) atoms. The van der Waals surface area contributed by atoms with Crippen LogP contribution in [0.3, 0.4) is 0 Å². The van der Waals surface area contributed by atoms with E-state index in [0.717, 1.165) is 32.1 Å². The lowest BCUT2D eigenvalue weighted by Crippen LogP contribution is -2.39. The first-order valence-corrected chi connectivity index (χ1v) is 6.69. The van der Waals surface area contributed by atoms with E-state index < -0.39 is 4.92 Å². The van der Waals surface area contributed by atoms with Gasteiger partial charge in [0.25, 0.3) is 5.88 Å². The molecule has 8 heteroatoms. The molecule has 8 nitrogen and oxygen atoms in total. The zero-order valence-corrected chi connectivity index (χ0v) is 11.4. The number of hydrogen-bond acceptors (Lipinski definition) is 7. The van der Waals surface area contributed by atoms with Crippen molar-refractivity contribution in [2.24, 2.45) is 5.73 Å². The third kappa shape index (κ3) is 3.13. The van der Waals surface area contributed by atoms with Crippen molar-refractivity contribution in [2.45, 2.75) is 44.2 Å². The van der Waals surface area contributed by atoms with Crippen LogP contribution in [0.15, 0.2) is 6.33 Å². The number of ether oxygens (including phenoxy) is 1. The minimum atomic E-state index is -0.538. The van der Waals surface area contributed by atoms with Gasteiger partial charge in [-0.25, -0.2) is 4.98 Å². The Bertz CT molecular complexity index is 482. The van der Waals surface area contributed by atoms with Crippen LogP contribution in [-0.2, 0) is 0 Å². The maximum absolute atomic E-state index is 11.2. The molecule has 0 amide bonds. The summed E-state index contributed by atoms with van der Waals surface area (Å²) in [5, 5.41) is 14.3. The molecule has 1 aliphatic rings. The molecule has 3 N–H and O–H groups in total. The minimum Gasteiger partial charge on any atom is -0.476 e. The van der Waals surface area contributed by atoms with Gasteiger partial charge < -0.3 is 15.8 Å². The Balaban J connectivity index is 2.25. The molecule has 2 unspecified atom stereocenters. The second-order valence-corrected chi connectivity index (χ2v) is 4.89. The van der Waals surface area contributed by atoms with Crippen molar-refractivity contribution in [3.8, 4) is 5.88 Å². The molecular weight excluding hydrogens is 262 g/mol. The van der Waals surface area contributed by atoms with Crippen molar-refractivity contribution in [3.63, 3.8) is 0 Å². The van der Waals surface area contributed by atoms with Crippen LogP contribution in [-0.4, -0.2) is 34.1 Å². The van der Waals surface area contributed by atoms with Gasteiger partial charge in [-0.05, 0) is 12.8 Å². The standard InChI is InChI=1S/C12H19N5O3/c1-20-12-10(17(18)19)11(14-7-15-12)16-9-6-4-2-3-5-8(9)13/h7-9H,2-6,13H2,1H3,(H,14,15,16). The summed E-state index contributed by atoms with van der Waals surface area (Å²) in [6.07, 6.45) is 6.33. The maximum Gasteiger partial charge on any atom is 0.372 e. The van der Waals surface area contributed by atoms with Crippen molar-refractivity contribution in [2.75, 3.05) is 12.4 Å². The molecule has 1 fully saturated rings. The largest absolute Gasteiger partial charge is 0.476 e. The molecule has 1 aromatic heterocycles. The molecule has 0 bridgehead atoms. The highest BCUT2D eigenvalue weighted by atomic mass is 16.6. The fourth-order valence-electron chi connectivity index (χ4n) is 2.47. The fraction of sp³-hybridized carbons (Fsp3) is 0.667. The van der Waals surface area contributed by atoms with E-state index in [4.69, 9.17) is 10.5 Å². The van der Waals surface area contributed by atoms with E-state index in [9.17, 15) is 10.1 Å². The molecule has 0 saturated heterocycles. The number of aromatic nitrogens is 2. The van der Waals surface area contributed by atoms with Gasteiger partial charge in [0.05, 0.1) is 12.0 Å². The summed E-state index contributed by atoms with van der Waals surface area (Å²) in [6, 6.07) is -0.0473. The van der Waals surface area contributed by atoms with E-state index in [1.165, 1.54) is 13.4 Å². The second-order valence-electron chi connectivity index (χ2n) is 4.89. The van der Waals surface area contributed by atoms with Gasteiger partial charge >= 0.3 is 5.69 Å². The number of methoxy groups -OCH3 is 1. The number of nitrogens with one attached hydrogen (secondary N) is 1. The topological polar surface area (TPSA) is 116 Å². The molecule has 1 saturated carbocycles. The molecular formula is C12H19N5O3. The van der Waals surface area contributed by atoms with E-state index in [-0.39, 0.29) is 29.5 Å². The van der Waals surface area contributed by atoms with E-state index in [2.05, 4.69) is 15.3 Å². The van der Waals surface area contributed by atoms with Gasteiger partial charge in [0.2, 0.25) is 5.82 Å². The van der Waals surface area contributed by atoms with Crippen LogP contribution in [0.5, 0.6) is 5.88 Å². The number of hydrogen-bond donors (Lipinski definition) is 2. The Kier molecular flexibility index (Phi) is 4.67. The molecule has 1 aromatic rings. The number of rotatable bonds is 4. The first-order valence-electron chi connectivity index (χ1n) is 6.69. The van der Waals surface area contributed by atoms with E-state index in [1.807, 2.05) is 0 Å². The average molecular weight is 281 g/mol. The summed E-state index contributed by atoms with van der Waals surface area (Å²) in [4.78, 5) is 18.4. The quantitative estimate of drug-likeness (QED) is 0.487. The van der Waals surface area contributed by atoms with Crippen molar-refractivity contribution < 1.29 is 9.66 Å². The number of nitrogens with zero attached hydrogens (tertiary/aromatic N) is 3. The van der Waals surface area contributed by atoms with Gasteiger partial charge in [0, 0.05) is 12.1 Å². The Labute approximate surface area is 116 Å². The van der Waals surface area contributed by atoms with Crippen molar-refractivity contribution in [1.82, 2.24) is 9.97 Å². The van der Waals surface area contributed by atoms with Crippen LogP contribution < -0.4 is 15.8 Å². The van der Waals surface area contributed by atoms with E-state index in [0.29, 0.717) is 0 Å². The Hall–Kier alpha value is -1.96. The van der Waals surface area contributed by atoms with Gasteiger partial charge in [0.15, 0.2) is 0 Å². The smallest absolute Gasteiger partial charge is 0.372 e. The Morgan fingerprint density at radius 3 is 2.85 bits per heavy atom. The lowest BCUT2D eigenvalue weighted by atomic mass is 10.0. The van der Waals surface area contributed by atoms with Gasteiger partial charge in [-0.1, -0.05) is 19.3 Å². The van der Waals surface area contributed by atoms with Crippen LogP contribution in [0.2, 0.25) is 0 Å². The highest BCUT2D eigenvalue weighted by Crippen LogP contribution is 2.32. The first-order chi connectivity index (χ1) is 9.63. The molecule has 1 aliphatic carbocycles. The fourth-order valence-corrected chi connectivity index (χ4v) is 2.47. The molecule has 0 spiro atoms. The number of nitrogens with two attached hydrogens (primary N) is 1. The third-order valence-corrected chi connectivity index (χ3v) is 3.56. The van der Waals surface area contributed by atoms with Gasteiger partial charge in [0.1, 0.15) is 6.33 Å². The monoisotopic (exact) mass is 281 g/mol. The summed E-state index contributed by atoms with van der Waals surface area (Å²) in [6.45, 7) is 0. The highest BCUT2D eigenvalue weighted by molar-refractivity contribution is 5.61. The number of nitro groups is 1. The van der Waals surface area contributed by atoms with Crippen molar-refractivity contribution in [3.05, 3.63) is 16.4 Å². The summed E-state index contributed by atoms with van der Waals surface area (Å²) >= 11 is 0. The predicted octanol–water partition coefficient (Wildman–Crippen LogP) is 1.47. The van der Waals surface area contributed by atoms with Crippen LogP contribution >= 0.6 is 0 Å². The molecule has 110 valence electrons. The minimum absolute atomic E-state index is 0.0178. The van der Waals surface area contributed by atoms with Gasteiger partial charge in [-0.2, -0.15) is 4.98 Å². The summed E-state index contributed by atoms with van der Waals surface area (Å²) in [5.74, 6) is 0.124. The lowest BCUT2D eigenvalue weighted by molar-refractivity contribution is -0.385. The third-order valence-electron chi connectivity index (χ3n) is 3.56. The predicted molar refractivity (Wildman–Crippen MR) is 73.7 cm³/mol. The summed E-state index contributed by atoms with van der Waals surface area (Å²) < 4.78 is 4.92. The molecule has 0 aromatic carbocycles. The Morgan fingerprint density at radius 2 is 2.15 bits per heavy atom. The van der Waals surface area contributed by atoms with Gasteiger partial charge in [-0.3, -0.25) is 10.1 Å². The zero-order chi connectivity index (χ0) is 14.5. The summed E-state index contributed by atoms with van der Waals surface area (Å²) in [7, 11) is 1.34. The first kappa shape index (κ1) is 14.4. The zero-order valence-electron chi connectivity index (χ0n) is 11.4. The van der Waals surface area contributed by atoms with Crippen molar-refractivity contribution >= 4 is 11.5 Å². The number of anilines is 1. The van der Waals surface area contributed by atoms with Crippen molar-refractivity contribution in [1.29, 1.82) is 0 Å². The molecule has 1 heterocycles. The van der Waals surface area contributed by atoms with E-state index >= 15 is 0 Å². The Morgan fingerprint density at radius 1 is 1.40 bits per heavy atom. The molecule has 2 rings (SSSR count). The average Bonchev–Trinajstić information content (AvgIpc) is 2.63. The normalized spacial score (nSPS) is 22.9.